The van der Waals surface area contributed by atoms with Gasteiger partial charge in [0.15, 0.2) is 0 Å². The molecule has 0 aromatic heterocycles. The molecule has 0 radical (unpaired) electrons. The number of hydrogen-bond donors (Lipinski definition) is 0. The molecule has 0 spiro atoms. The molecule has 0 unspecified atom stereocenters. The SMILES string of the molecule is C=C[C@@H](C)[C@H](C[C@H](C)C[C@H](OC(=O)[C@@H]1CCCN1C(=O)OCC1c2ccccc2-c2ccccc21)C(C)(C)C)OC(=O)OCC(Cl)(Cl)Cl. The van der Waals surface area contributed by atoms with Gasteiger partial charge in [-0.15, -0.1) is 6.58 Å². The average Bonchev–Trinajstić information content (AvgIpc) is 3.64. The number of carbonyl (C=O) groups is 3. The van der Waals surface area contributed by atoms with Crippen molar-refractivity contribution in [3.8, 4) is 11.1 Å². The monoisotopic (exact) mass is 721 g/mol. The molecule has 0 bridgehead atoms. The van der Waals surface area contributed by atoms with Crippen LogP contribution >= 0.6 is 34.8 Å². The second-order valence-corrected chi connectivity index (χ2v) is 16.4. The van der Waals surface area contributed by atoms with Crippen molar-refractivity contribution in [2.75, 3.05) is 19.8 Å². The van der Waals surface area contributed by atoms with Crippen LogP contribution in [0.25, 0.3) is 11.1 Å². The van der Waals surface area contributed by atoms with Gasteiger partial charge in [-0.2, -0.15) is 0 Å². The predicted molar refractivity (Wildman–Crippen MR) is 188 cm³/mol. The van der Waals surface area contributed by atoms with Crippen LogP contribution < -0.4 is 0 Å². The molecule has 8 nitrogen and oxygen atoms in total. The summed E-state index contributed by atoms with van der Waals surface area (Å²) in [4.78, 5) is 40.9. The van der Waals surface area contributed by atoms with Gasteiger partial charge in [0, 0.05) is 18.4 Å². The van der Waals surface area contributed by atoms with Crippen molar-refractivity contribution in [3.63, 3.8) is 0 Å². The number of hydrogen-bond acceptors (Lipinski definition) is 7. The lowest BCUT2D eigenvalue weighted by Gasteiger charge is -2.35. The molecule has 1 aliphatic heterocycles. The first-order chi connectivity index (χ1) is 22.6. The molecule has 1 saturated heterocycles. The Balaban J connectivity index is 1.37. The number of carbonyl (C=O) groups excluding carboxylic acids is 3. The first kappa shape index (κ1) is 37.9. The van der Waals surface area contributed by atoms with Crippen molar-refractivity contribution in [3.05, 3.63) is 72.3 Å². The van der Waals surface area contributed by atoms with Gasteiger partial charge < -0.3 is 18.9 Å². The molecular formula is C37H46Cl3NO7. The smallest absolute Gasteiger partial charge is 0.460 e. The fraction of sp³-hybridized carbons (Fsp3) is 0.541. The second-order valence-electron chi connectivity index (χ2n) is 13.9. The van der Waals surface area contributed by atoms with Gasteiger partial charge in [-0.25, -0.2) is 14.4 Å². The molecule has 0 N–H and O–H groups in total. The average molecular weight is 723 g/mol. The normalized spacial score (nSPS) is 18.6. The topological polar surface area (TPSA) is 91.4 Å². The standard InChI is InChI=1S/C37H46Cl3NO7/c1-7-24(3)31(47-35(44)46-22-37(38,39)40)19-23(2)20-32(36(4,5)6)48-33(42)30-17-12-18-41(30)34(43)45-21-29-27-15-10-8-13-25(27)26-14-9-11-16-28(26)29/h7-11,13-16,23-24,29-32H,1,12,17-22H2,2-6H3/t23-,24+,30-,31-,32-/m0/s1. The van der Waals surface area contributed by atoms with Crippen molar-refractivity contribution in [2.45, 2.75) is 88.3 Å². The molecular weight excluding hydrogens is 677 g/mol. The number of halogens is 3. The van der Waals surface area contributed by atoms with Crippen LogP contribution in [0.3, 0.4) is 0 Å². The summed E-state index contributed by atoms with van der Waals surface area (Å²) in [7, 11) is 0. The second kappa shape index (κ2) is 16.2. The summed E-state index contributed by atoms with van der Waals surface area (Å²) in [6, 6.07) is 15.6. The van der Waals surface area contributed by atoms with E-state index in [9.17, 15) is 14.4 Å². The zero-order valence-corrected chi connectivity index (χ0v) is 30.5. The highest BCUT2D eigenvalue weighted by Crippen LogP contribution is 2.44. The van der Waals surface area contributed by atoms with E-state index < -0.39 is 52.3 Å². The molecule has 0 saturated carbocycles. The minimum atomic E-state index is -1.75. The lowest BCUT2D eigenvalue weighted by Crippen LogP contribution is -2.45. The van der Waals surface area contributed by atoms with Crippen LogP contribution in [0, 0.1) is 17.3 Å². The number of alkyl halides is 3. The minimum absolute atomic E-state index is 0.0304. The molecule has 2 aliphatic rings. The van der Waals surface area contributed by atoms with E-state index in [0.717, 1.165) is 22.3 Å². The Morgan fingerprint density at radius 3 is 2.10 bits per heavy atom. The van der Waals surface area contributed by atoms with E-state index in [4.69, 9.17) is 53.8 Å². The van der Waals surface area contributed by atoms with Gasteiger partial charge in [-0.1, -0.05) is 124 Å². The maximum atomic E-state index is 13.7. The Hall–Kier alpha value is -2.94. The molecule has 2 aromatic carbocycles. The van der Waals surface area contributed by atoms with Crippen LogP contribution in [0.4, 0.5) is 9.59 Å². The molecule has 1 aliphatic carbocycles. The molecule has 2 aromatic rings. The zero-order chi connectivity index (χ0) is 35.2. The van der Waals surface area contributed by atoms with E-state index in [2.05, 4.69) is 30.8 Å². The first-order valence-electron chi connectivity index (χ1n) is 16.4. The number of esters is 1. The highest BCUT2D eigenvalue weighted by molar-refractivity contribution is 6.67. The van der Waals surface area contributed by atoms with Crippen molar-refractivity contribution in [1.29, 1.82) is 0 Å². The van der Waals surface area contributed by atoms with Gasteiger partial charge >= 0.3 is 18.2 Å². The van der Waals surface area contributed by atoms with Crippen LogP contribution in [0.2, 0.25) is 0 Å². The summed E-state index contributed by atoms with van der Waals surface area (Å²) in [5.74, 6) is -0.741. The fourth-order valence-electron chi connectivity index (χ4n) is 6.38. The summed E-state index contributed by atoms with van der Waals surface area (Å²) in [6.07, 6.45) is 1.33. The number of nitrogens with zero attached hydrogens (tertiary/aromatic N) is 1. The third kappa shape index (κ3) is 9.82. The van der Waals surface area contributed by atoms with E-state index in [1.165, 1.54) is 4.90 Å². The van der Waals surface area contributed by atoms with Crippen LogP contribution in [-0.4, -0.2) is 64.9 Å². The molecule has 262 valence electrons. The largest absolute Gasteiger partial charge is 0.508 e. The van der Waals surface area contributed by atoms with Crippen molar-refractivity contribution in [1.82, 2.24) is 4.90 Å². The highest BCUT2D eigenvalue weighted by Gasteiger charge is 2.40. The summed E-state index contributed by atoms with van der Waals surface area (Å²) in [5.41, 5.74) is 4.15. The molecule has 48 heavy (non-hydrogen) atoms. The van der Waals surface area contributed by atoms with E-state index in [0.29, 0.717) is 32.2 Å². The lowest BCUT2D eigenvalue weighted by atomic mass is 9.81. The predicted octanol–water partition coefficient (Wildman–Crippen LogP) is 9.49. The number of likely N-dealkylation sites (tertiary alicyclic amines) is 1. The van der Waals surface area contributed by atoms with Crippen molar-refractivity contribution >= 4 is 53.0 Å². The Labute approximate surface area is 299 Å². The molecule has 11 heteroatoms. The van der Waals surface area contributed by atoms with Crippen LogP contribution in [0.1, 0.15) is 77.3 Å². The first-order valence-corrected chi connectivity index (χ1v) is 17.6. The quantitative estimate of drug-likeness (QED) is 0.0933. The number of benzene rings is 2. The molecule has 1 amide bonds. The van der Waals surface area contributed by atoms with E-state index in [1.807, 2.05) is 58.9 Å². The maximum Gasteiger partial charge on any atom is 0.508 e. The fourth-order valence-corrected chi connectivity index (χ4v) is 6.55. The summed E-state index contributed by atoms with van der Waals surface area (Å²) < 4.78 is 20.8. The number of ether oxygens (including phenoxy) is 4. The van der Waals surface area contributed by atoms with E-state index in [-0.39, 0.29) is 24.4 Å². The zero-order valence-electron chi connectivity index (χ0n) is 28.3. The molecule has 4 rings (SSSR count). The summed E-state index contributed by atoms with van der Waals surface area (Å²) in [6.45, 7) is 13.9. The van der Waals surface area contributed by atoms with Gasteiger partial charge in [0.25, 0.3) is 0 Å². The third-order valence-electron chi connectivity index (χ3n) is 9.13. The van der Waals surface area contributed by atoms with Gasteiger partial charge in [0.1, 0.15) is 31.5 Å². The van der Waals surface area contributed by atoms with Gasteiger partial charge in [0.05, 0.1) is 0 Å². The Bertz CT molecular complexity index is 1410. The van der Waals surface area contributed by atoms with Crippen LogP contribution in [0.15, 0.2) is 61.2 Å². The van der Waals surface area contributed by atoms with E-state index in [1.54, 1.807) is 6.08 Å². The Morgan fingerprint density at radius 1 is 0.938 bits per heavy atom. The van der Waals surface area contributed by atoms with Gasteiger partial charge in [-0.05, 0) is 59.3 Å². The number of rotatable bonds is 12. The lowest BCUT2D eigenvalue weighted by molar-refractivity contribution is -0.161. The number of fused-ring (bicyclic) bond motifs is 3. The van der Waals surface area contributed by atoms with Gasteiger partial charge in [0.2, 0.25) is 3.79 Å². The third-order valence-corrected chi connectivity index (χ3v) is 9.46. The molecule has 1 fully saturated rings. The highest BCUT2D eigenvalue weighted by atomic mass is 35.6. The number of amides is 1. The summed E-state index contributed by atoms with van der Waals surface area (Å²) >= 11 is 17.1. The Morgan fingerprint density at radius 2 is 1.54 bits per heavy atom. The van der Waals surface area contributed by atoms with Crippen molar-refractivity contribution < 1.29 is 33.3 Å². The Kier molecular flexibility index (Phi) is 12.8. The van der Waals surface area contributed by atoms with Crippen molar-refractivity contribution in [2.24, 2.45) is 17.3 Å². The maximum absolute atomic E-state index is 13.7. The van der Waals surface area contributed by atoms with Crippen LogP contribution in [-0.2, 0) is 23.7 Å². The molecule has 5 atom stereocenters. The van der Waals surface area contributed by atoms with Gasteiger partial charge in [-0.3, -0.25) is 4.90 Å². The summed E-state index contributed by atoms with van der Waals surface area (Å²) in [5, 5.41) is 0. The molecule has 1 heterocycles. The minimum Gasteiger partial charge on any atom is -0.460 e. The van der Waals surface area contributed by atoms with E-state index >= 15 is 0 Å². The van der Waals surface area contributed by atoms with Crippen LogP contribution in [0.5, 0.6) is 0 Å².